The van der Waals surface area contributed by atoms with Crippen LogP contribution in [0.2, 0.25) is 0 Å². The van der Waals surface area contributed by atoms with E-state index in [1.165, 1.54) is 11.8 Å². The molecule has 2 N–H and O–H groups in total. The minimum Gasteiger partial charge on any atom is -0.479 e. The number of carbonyl (C=O) groups is 1. The van der Waals surface area contributed by atoms with Gasteiger partial charge >= 0.3 is 5.97 Å². The van der Waals surface area contributed by atoms with E-state index >= 15 is 0 Å². The zero-order valence-electron chi connectivity index (χ0n) is 6.05. The van der Waals surface area contributed by atoms with E-state index in [0.717, 1.165) is 6.54 Å². The lowest BCUT2D eigenvalue weighted by Gasteiger charge is -2.12. The summed E-state index contributed by atoms with van der Waals surface area (Å²) < 4.78 is 0.0725. The third-order valence-corrected chi connectivity index (χ3v) is 2.76. The molecule has 0 amide bonds. The number of aliphatic carboxylic acids is 1. The van der Waals surface area contributed by atoms with Gasteiger partial charge in [0.2, 0.25) is 0 Å². The van der Waals surface area contributed by atoms with Gasteiger partial charge in [0, 0.05) is 11.3 Å². The van der Waals surface area contributed by atoms with Gasteiger partial charge in [0.05, 0.1) is 0 Å². The van der Waals surface area contributed by atoms with Crippen LogP contribution in [0.25, 0.3) is 0 Å². The summed E-state index contributed by atoms with van der Waals surface area (Å²) >= 11 is 1.47. The normalized spacial score (nSPS) is 30.4. The van der Waals surface area contributed by atoms with Crippen LogP contribution in [0.5, 0.6) is 0 Å². The Labute approximate surface area is 64.2 Å². The molecule has 10 heavy (non-hydrogen) atoms. The van der Waals surface area contributed by atoms with Crippen molar-refractivity contribution in [2.75, 3.05) is 6.54 Å². The van der Waals surface area contributed by atoms with Crippen molar-refractivity contribution in [2.45, 2.75) is 24.0 Å². The van der Waals surface area contributed by atoms with Crippen LogP contribution in [0.3, 0.4) is 0 Å². The van der Waals surface area contributed by atoms with Crippen LogP contribution in [0.15, 0.2) is 0 Å². The molecule has 0 radical (unpaired) electrons. The van der Waals surface area contributed by atoms with Gasteiger partial charge in [-0.15, -0.1) is 11.8 Å². The van der Waals surface area contributed by atoms with Crippen molar-refractivity contribution in [3.8, 4) is 0 Å². The maximum Gasteiger partial charge on any atom is 0.331 e. The molecule has 0 spiro atoms. The van der Waals surface area contributed by atoms with Crippen molar-refractivity contribution in [1.82, 2.24) is 5.32 Å². The molecule has 1 saturated heterocycles. The number of hydrogen-bond acceptors (Lipinski definition) is 3. The predicted octanol–water partition coefficient (Wildman–Crippen LogP) is 0.512. The third-order valence-electron chi connectivity index (χ3n) is 1.37. The maximum absolute atomic E-state index is 10.4. The highest BCUT2D eigenvalue weighted by molar-refractivity contribution is 8.02. The van der Waals surface area contributed by atoms with E-state index in [0.29, 0.717) is 0 Å². The van der Waals surface area contributed by atoms with Gasteiger partial charge in [-0.05, 0) is 13.8 Å². The van der Waals surface area contributed by atoms with Crippen molar-refractivity contribution < 1.29 is 9.90 Å². The van der Waals surface area contributed by atoms with E-state index in [1.807, 2.05) is 13.8 Å². The Hall–Kier alpha value is -0.220. The van der Waals surface area contributed by atoms with Crippen molar-refractivity contribution in [3.05, 3.63) is 0 Å². The molecule has 3 nitrogen and oxygen atoms in total. The molecule has 58 valence electrons. The second-order valence-electron chi connectivity index (χ2n) is 2.98. The zero-order valence-corrected chi connectivity index (χ0v) is 6.86. The lowest BCUT2D eigenvalue weighted by Crippen LogP contribution is -2.28. The van der Waals surface area contributed by atoms with E-state index < -0.39 is 11.3 Å². The molecule has 0 unspecified atom stereocenters. The minimum atomic E-state index is -0.768. The first-order valence-corrected chi connectivity index (χ1v) is 4.03. The van der Waals surface area contributed by atoms with Crippen LogP contribution in [0.4, 0.5) is 0 Å². The highest BCUT2D eigenvalue weighted by Gasteiger charge is 2.35. The molecule has 4 heteroatoms. The van der Waals surface area contributed by atoms with Crippen LogP contribution in [-0.4, -0.2) is 27.7 Å². The van der Waals surface area contributed by atoms with Crippen molar-refractivity contribution >= 4 is 17.7 Å². The van der Waals surface area contributed by atoms with E-state index in [4.69, 9.17) is 5.11 Å². The van der Waals surface area contributed by atoms with Crippen LogP contribution >= 0.6 is 11.8 Å². The lowest BCUT2D eigenvalue weighted by atomic mass is 10.2. The molecule has 1 aliphatic rings. The number of thioether (sulfide) groups is 1. The average molecular weight is 161 g/mol. The molecular weight excluding hydrogens is 150 g/mol. The fourth-order valence-corrected chi connectivity index (χ4v) is 1.95. The summed E-state index contributed by atoms with van der Waals surface area (Å²) in [4.78, 5) is 10.4. The summed E-state index contributed by atoms with van der Waals surface area (Å²) in [7, 11) is 0. The second-order valence-corrected chi connectivity index (χ2v) is 4.79. The maximum atomic E-state index is 10.4. The second kappa shape index (κ2) is 2.43. The molecule has 1 atom stereocenters. The first-order chi connectivity index (χ1) is 4.51. The van der Waals surface area contributed by atoms with Crippen LogP contribution in [0.1, 0.15) is 13.8 Å². The average Bonchev–Trinajstić information content (AvgIpc) is 2.10. The Balaban J connectivity index is 2.51. The molecule has 0 aromatic rings. The highest BCUT2D eigenvalue weighted by atomic mass is 32.2. The van der Waals surface area contributed by atoms with Gasteiger partial charge in [0.15, 0.2) is 5.37 Å². The van der Waals surface area contributed by atoms with E-state index in [9.17, 15) is 4.79 Å². The smallest absolute Gasteiger partial charge is 0.331 e. The van der Waals surface area contributed by atoms with Crippen LogP contribution in [0, 0.1) is 0 Å². The van der Waals surface area contributed by atoms with Gasteiger partial charge in [0.25, 0.3) is 0 Å². The predicted molar refractivity (Wildman–Crippen MR) is 41.1 cm³/mol. The van der Waals surface area contributed by atoms with E-state index in [2.05, 4.69) is 5.32 Å². The summed E-state index contributed by atoms with van der Waals surface area (Å²) in [5, 5.41) is 11.1. The quantitative estimate of drug-likeness (QED) is 0.588. The molecule has 0 bridgehead atoms. The van der Waals surface area contributed by atoms with Gasteiger partial charge in [0.1, 0.15) is 0 Å². The van der Waals surface area contributed by atoms with Crippen molar-refractivity contribution in [2.24, 2.45) is 0 Å². The van der Waals surface area contributed by atoms with Gasteiger partial charge in [-0.1, -0.05) is 0 Å². The van der Waals surface area contributed by atoms with Gasteiger partial charge < -0.3 is 5.11 Å². The third kappa shape index (κ3) is 1.64. The summed E-state index contributed by atoms with van der Waals surface area (Å²) in [6, 6.07) is 0. The Morgan fingerprint density at radius 1 is 1.80 bits per heavy atom. The standard InChI is InChI=1S/C6H11NO2S/c1-6(2)3-7-4(10-6)5(8)9/h4,7H,3H2,1-2H3,(H,8,9)/t4-/m1/s1. The summed E-state index contributed by atoms with van der Waals surface area (Å²) in [5.74, 6) is -0.768. The fraction of sp³-hybridized carbons (Fsp3) is 0.833. The fourth-order valence-electron chi connectivity index (χ4n) is 0.879. The summed E-state index contributed by atoms with van der Waals surface area (Å²) in [5.41, 5.74) is 0. The molecule has 0 aliphatic carbocycles. The van der Waals surface area contributed by atoms with Gasteiger partial charge in [-0.3, -0.25) is 5.32 Å². The SMILES string of the molecule is CC1(C)CN[C@@H](C(=O)O)S1. The van der Waals surface area contributed by atoms with Gasteiger partial charge in [-0.25, -0.2) is 4.79 Å². The topological polar surface area (TPSA) is 49.3 Å². The number of carboxylic acids is 1. The Morgan fingerprint density at radius 3 is 2.60 bits per heavy atom. The lowest BCUT2D eigenvalue weighted by molar-refractivity contribution is -0.136. The minimum absolute atomic E-state index is 0.0725. The molecule has 0 aromatic heterocycles. The largest absolute Gasteiger partial charge is 0.479 e. The van der Waals surface area contributed by atoms with Crippen molar-refractivity contribution in [1.29, 1.82) is 0 Å². The number of rotatable bonds is 1. The molecule has 1 aliphatic heterocycles. The Kier molecular flexibility index (Phi) is 1.92. The molecule has 1 rings (SSSR count). The Morgan fingerprint density at radius 2 is 2.40 bits per heavy atom. The molecule has 0 saturated carbocycles. The molecular formula is C6H11NO2S. The molecule has 1 heterocycles. The molecule has 0 aromatic carbocycles. The first kappa shape index (κ1) is 7.88. The van der Waals surface area contributed by atoms with Gasteiger partial charge in [-0.2, -0.15) is 0 Å². The monoisotopic (exact) mass is 161 g/mol. The summed E-state index contributed by atoms with van der Waals surface area (Å²) in [6.45, 7) is 4.84. The van der Waals surface area contributed by atoms with Crippen LogP contribution in [-0.2, 0) is 4.79 Å². The summed E-state index contributed by atoms with van der Waals surface area (Å²) in [6.07, 6.45) is 0. The van der Waals surface area contributed by atoms with E-state index in [-0.39, 0.29) is 4.75 Å². The molecule has 1 fully saturated rings. The number of hydrogen-bond donors (Lipinski definition) is 2. The van der Waals surface area contributed by atoms with E-state index in [1.54, 1.807) is 0 Å². The Bertz CT molecular complexity index is 158. The zero-order chi connectivity index (χ0) is 7.78. The van der Waals surface area contributed by atoms with Crippen LogP contribution < -0.4 is 5.32 Å². The first-order valence-electron chi connectivity index (χ1n) is 3.15. The number of nitrogens with one attached hydrogen (secondary N) is 1. The highest BCUT2D eigenvalue weighted by Crippen LogP contribution is 2.32. The number of carboxylic acid groups (broad SMARTS) is 1. The van der Waals surface area contributed by atoms with Crippen molar-refractivity contribution in [3.63, 3.8) is 0 Å².